The van der Waals surface area contributed by atoms with Crippen LogP contribution >= 0.6 is 59.1 Å². The van der Waals surface area contributed by atoms with Crippen LogP contribution in [0.5, 0.6) is 0 Å². The molecule has 4 saturated heterocycles. The molecule has 2 N–H and O–H groups in total. The summed E-state index contributed by atoms with van der Waals surface area (Å²) in [5.41, 5.74) is 6.36. The number of aliphatic carboxylic acids is 1. The summed E-state index contributed by atoms with van der Waals surface area (Å²) < 4.78 is 43.9. The maximum atomic E-state index is 15.5. The summed E-state index contributed by atoms with van der Waals surface area (Å²) >= 11 is 8.57. The summed E-state index contributed by atoms with van der Waals surface area (Å²) in [5, 5.41) is 42.5. The number of rotatable bonds is 16. The second kappa shape index (κ2) is 28.5. The third-order valence-corrected chi connectivity index (χ3v) is 18.4. The van der Waals surface area contributed by atoms with Crippen molar-refractivity contribution in [3.63, 3.8) is 0 Å². The van der Waals surface area contributed by atoms with Crippen molar-refractivity contribution in [2.75, 3.05) is 84.4 Å². The first-order valence-electron chi connectivity index (χ1n) is 27.5. The number of carboxylic acids is 1. The number of esters is 1. The number of halogens is 3. The van der Waals surface area contributed by atoms with Crippen LogP contribution in [0.2, 0.25) is 0 Å². The van der Waals surface area contributed by atoms with Crippen LogP contribution in [0, 0.1) is 53.7 Å². The number of anilines is 4. The summed E-state index contributed by atoms with van der Waals surface area (Å²) in [6.07, 6.45) is 2.23. The van der Waals surface area contributed by atoms with Crippen molar-refractivity contribution in [2.45, 2.75) is 97.4 Å². The predicted octanol–water partition coefficient (Wildman–Crippen LogP) is 7.26. The van der Waals surface area contributed by atoms with Gasteiger partial charge >= 0.3 is 35.2 Å². The monoisotopic (exact) mass is 1430 g/mol. The smallest absolute Gasteiger partial charge is 0.478 e. The molecule has 0 spiro atoms. The standard InChI is InChI=1S/C27H29FN6O7S.C21H23N3O5S.C7H10ClN3O3.HI.V/c1-15-23(41-27(36)40-15)14-30-4-6-31(7-5-30)22-12-21-18(11-20(22)28)10-19(25-33(21)17(3)42-25)26(35)39-9-8-32-16(2)29-13-24(32)34(37)38;1-12-18(29-21(27)28-12)11-22-5-7-23(8-6-22)15-4-3-14-9-16(20(25)26)19-24(13(2)30-19)17(14)10-15;1-5-9-3-7(11(13)14)10(5)4-6(12)2-8;;/h11-13,17H,4-10,14H2,1-3H3;3-4,10,13H,5-9,11H2,1-2H3,(H,25,26);3,6,12H,2,4H2,1H3;1H;. The topological polar surface area (TPSA) is 312 Å². The summed E-state index contributed by atoms with van der Waals surface area (Å²) in [6, 6.07) is 9.71. The fourth-order valence-corrected chi connectivity index (χ4v) is 13.4. The molecule has 0 saturated carbocycles. The van der Waals surface area contributed by atoms with Gasteiger partial charge in [-0.3, -0.25) is 9.80 Å². The number of aliphatic hydroxyl groups excluding tert-OH is 1. The van der Waals surface area contributed by atoms with Crippen LogP contribution < -0.4 is 31.2 Å². The normalized spacial score (nSPS) is 18.1. The van der Waals surface area contributed by atoms with Gasteiger partial charge in [0.05, 0.1) is 56.6 Å². The summed E-state index contributed by atoms with van der Waals surface area (Å²) in [4.78, 5) is 88.7. The number of carbonyl (C=O) groups excluding carboxylic acids is 1. The van der Waals surface area contributed by atoms with Gasteiger partial charge in [-0.2, -0.15) is 0 Å². The third-order valence-electron chi connectivity index (χ3n) is 15.6. The van der Waals surface area contributed by atoms with Gasteiger partial charge in [-0.15, -0.1) is 35.6 Å². The molecule has 0 aliphatic carbocycles. The number of benzene rings is 2. The number of thioether (sulfide) groups is 2. The molecule has 3 atom stereocenters. The van der Waals surface area contributed by atoms with E-state index in [2.05, 4.69) is 54.7 Å². The van der Waals surface area contributed by atoms with E-state index in [0.29, 0.717) is 103 Å². The first kappa shape index (κ1) is 67.3. The SMILES string of the molecule is Cc1ncc([N+](=O)[O-])n1CC(O)CCl.Cc1oc(=O)oc1CN1CCN(c2cc3c(cc2F)CC(C(=O)OCCn2c([N+](=O)[O-])cnc2C)=C2SC(C)N23)CC1.Cc1oc(=O)oc1CN1CCN(c2ccc3c(c2)N2C(=C(C(=O)O)C3)SC2C)CC1.I.[V]. The molecule has 4 fully saturated rings. The molecule has 1 radical (unpaired) electrons. The molecule has 4 aromatic heterocycles. The molecule has 6 aliphatic heterocycles. The van der Waals surface area contributed by atoms with Gasteiger partial charge in [-0.05, 0) is 72.9 Å². The fraction of sp³-hybridized carbons (Fsp3) is 0.455. The van der Waals surface area contributed by atoms with Crippen molar-refractivity contribution in [1.82, 2.24) is 28.9 Å². The zero-order valence-corrected chi connectivity index (χ0v) is 54.7. The number of nitro groups is 2. The molecule has 10 heterocycles. The van der Waals surface area contributed by atoms with E-state index in [1.54, 1.807) is 51.2 Å². The van der Waals surface area contributed by atoms with Crippen LogP contribution in [0.3, 0.4) is 0 Å². The zero-order chi connectivity index (χ0) is 61.4. The minimum atomic E-state index is -0.830. The van der Waals surface area contributed by atoms with E-state index in [4.69, 9.17) is 34.0 Å². The van der Waals surface area contributed by atoms with Gasteiger partial charge in [-0.25, -0.2) is 42.7 Å². The molecule has 33 heteroatoms. The fourth-order valence-electron chi connectivity index (χ4n) is 11.0. The van der Waals surface area contributed by atoms with Crippen molar-refractivity contribution in [3.05, 3.63) is 157 Å². The number of carboxylic acid groups (broad SMARTS) is 1. The number of hydrogen-bond acceptors (Lipinski definition) is 24. The van der Waals surface area contributed by atoms with Crippen molar-refractivity contribution >= 4 is 105 Å². The predicted molar refractivity (Wildman–Crippen MR) is 330 cm³/mol. The number of hydrogen-bond donors (Lipinski definition) is 2. The van der Waals surface area contributed by atoms with E-state index in [9.17, 15) is 49.6 Å². The maximum Gasteiger partial charge on any atom is 0.519 e. The van der Waals surface area contributed by atoms with Gasteiger partial charge in [0, 0.05) is 115 Å². The quantitative estimate of drug-likeness (QED) is 0.0317. The summed E-state index contributed by atoms with van der Waals surface area (Å²) in [7, 11) is 0. The van der Waals surface area contributed by atoms with Crippen molar-refractivity contribution in [1.29, 1.82) is 0 Å². The van der Waals surface area contributed by atoms with Gasteiger partial charge in [0.25, 0.3) is 0 Å². The number of piperazine rings is 2. The Hall–Kier alpha value is -6.59. The Morgan fingerprint density at radius 1 is 0.739 bits per heavy atom. The second-order valence-electron chi connectivity index (χ2n) is 21.1. The molecular formula is C55H63ClFIN12O15S2V. The van der Waals surface area contributed by atoms with Crippen LogP contribution in [0.1, 0.15) is 59.7 Å². The Bertz CT molecular complexity index is 3800. The molecule has 12 rings (SSSR count). The first-order valence-corrected chi connectivity index (χ1v) is 29.8. The number of imidazole rings is 2. The Morgan fingerprint density at radius 2 is 1.24 bits per heavy atom. The molecule has 2 aromatic carbocycles. The number of aromatic nitrogens is 4. The molecule has 3 unspecified atom stereocenters. The van der Waals surface area contributed by atoms with E-state index < -0.39 is 39.5 Å². The number of carbonyl (C=O) groups is 2. The minimum Gasteiger partial charge on any atom is -0.478 e. The molecule has 6 aliphatic rings. The molecule has 471 valence electrons. The molecule has 88 heavy (non-hydrogen) atoms. The number of alkyl halides is 1. The number of aryl methyl sites for hydroxylation is 4. The summed E-state index contributed by atoms with van der Waals surface area (Å²) in [5.74, 6) is -0.281. The molecular weight excluding hydrogens is 1370 g/mol. The molecule has 6 aromatic rings. The first-order chi connectivity index (χ1) is 41.1. The Morgan fingerprint density at radius 3 is 1.74 bits per heavy atom. The Kier molecular flexibility index (Phi) is 21.8. The number of fused-ring (bicyclic) bond motifs is 6. The number of aliphatic hydroxyl groups is 1. The van der Waals surface area contributed by atoms with Crippen LogP contribution in [0.15, 0.2) is 91.2 Å². The minimum absolute atomic E-state index is 0. The molecule has 0 bridgehead atoms. The Labute approximate surface area is 544 Å². The third kappa shape index (κ3) is 14.4. The van der Waals surface area contributed by atoms with Gasteiger partial charge in [0.15, 0.2) is 23.2 Å². The van der Waals surface area contributed by atoms with Crippen LogP contribution in [0.4, 0.5) is 38.8 Å². The van der Waals surface area contributed by atoms with E-state index in [0.717, 1.165) is 65.1 Å². The van der Waals surface area contributed by atoms with Crippen LogP contribution in [-0.4, -0.2) is 143 Å². The molecule has 27 nitrogen and oxygen atoms in total. The van der Waals surface area contributed by atoms with Gasteiger partial charge < -0.3 is 72.4 Å². The van der Waals surface area contributed by atoms with Crippen LogP contribution in [-0.2, 0) is 71.9 Å². The van der Waals surface area contributed by atoms with Crippen molar-refractivity contribution < 1.29 is 75.0 Å². The largest absolute Gasteiger partial charge is 0.519 e. The Balaban J connectivity index is 0.000000190. The summed E-state index contributed by atoms with van der Waals surface area (Å²) in [6.45, 7) is 17.9. The molecule has 0 amide bonds. The van der Waals surface area contributed by atoms with Gasteiger partial charge in [0.1, 0.15) is 55.5 Å². The average Bonchev–Trinajstić information content (AvgIpc) is 2.24. The van der Waals surface area contributed by atoms with Gasteiger partial charge in [-0.1, -0.05) is 29.6 Å². The number of nitrogens with zero attached hydrogens (tertiary/aromatic N) is 12. The van der Waals surface area contributed by atoms with E-state index in [1.807, 2.05) is 22.8 Å². The second-order valence-corrected chi connectivity index (χ2v) is 24.0. The van der Waals surface area contributed by atoms with Crippen LogP contribution in [0.25, 0.3) is 0 Å². The maximum absolute atomic E-state index is 15.5. The van der Waals surface area contributed by atoms with Crippen molar-refractivity contribution in [2.24, 2.45) is 0 Å². The van der Waals surface area contributed by atoms with E-state index in [1.165, 1.54) is 21.4 Å². The van der Waals surface area contributed by atoms with Crippen molar-refractivity contribution in [3.8, 4) is 0 Å². The number of ether oxygens (including phenoxy) is 1. The average molecular weight is 1430 g/mol. The zero-order valence-electron chi connectivity index (χ0n) is 48.6. The van der Waals surface area contributed by atoms with E-state index >= 15 is 4.39 Å². The van der Waals surface area contributed by atoms with E-state index in [-0.39, 0.29) is 103 Å². The van der Waals surface area contributed by atoms with Gasteiger partial charge in [0.2, 0.25) is 0 Å².